The van der Waals surface area contributed by atoms with Crippen LogP contribution in [0.4, 0.5) is 13.2 Å². The molecule has 0 radical (unpaired) electrons. The highest BCUT2D eigenvalue weighted by atomic mass is 19.4. The van der Waals surface area contributed by atoms with Crippen LogP contribution >= 0.6 is 0 Å². The van der Waals surface area contributed by atoms with E-state index in [1.807, 2.05) is 19.2 Å². The molecule has 35 heavy (non-hydrogen) atoms. The highest BCUT2D eigenvalue weighted by Crippen LogP contribution is 2.53. The number of halogens is 3. The number of allylic oxidation sites excluding steroid dienone is 1. The van der Waals surface area contributed by atoms with Crippen LogP contribution in [0.2, 0.25) is 0 Å². The van der Waals surface area contributed by atoms with Crippen LogP contribution in [0.15, 0.2) is 35.5 Å². The number of hydrogen-bond acceptors (Lipinski definition) is 4. The maximum absolute atomic E-state index is 15.0. The number of rotatable bonds is 4. The Morgan fingerprint density at radius 3 is 2.34 bits per heavy atom. The van der Waals surface area contributed by atoms with Crippen LogP contribution in [0.25, 0.3) is 0 Å². The van der Waals surface area contributed by atoms with Crippen molar-refractivity contribution >= 4 is 17.6 Å². The molecule has 6 nitrogen and oxygen atoms in total. The molecule has 1 N–H and O–H groups in total. The number of amides is 2. The van der Waals surface area contributed by atoms with Crippen LogP contribution in [0.5, 0.6) is 5.75 Å². The lowest BCUT2D eigenvalue weighted by atomic mass is 9.72. The highest BCUT2D eigenvalue weighted by molar-refractivity contribution is 6.14. The molecule has 0 spiro atoms. The number of nitrogens with one attached hydrogen (secondary N) is 1. The highest BCUT2D eigenvalue weighted by Gasteiger charge is 2.72. The molecule has 1 fully saturated rings. The van der Waals surface area contributed by atoms with Crippen LogP contribution in [0.1, 0.15) is 75.6 Å². The summed E-state index contributed by atoms with van der Waals surface area (Å²) in [7, 11) is 1.37. The van der Waals surface area contributed by atoms with E-state index in [1.54, 1.807) is 6.07 Å². The van der Waals surface area contributed by atoms with Crippen molar-refractivity contribution in [2.45, 2.75) is 83.0 Å². The van der Waals surface area contributed by atoms with Gasteiger partial charge in [0.2, 0.25) is 5.54 Å². The Hall–Kier alpha value is -2.84. The third-order valence-corrected chi connectivity index (χ3v) is 7.31. The van der Waals surface area contributed by atoms with E-state index >= 15 is 0 Å². The number of carbonyl (C=O) groups is 3. The third-order valence-electron chi connectivity index (χ3n) is 7.31. The van der Waals surface area contributed by atoms with E-state index in [2.05, 4.69) is 0 Å². The van der Waals surface area contributed by atoms with Crippen molar-refractivity contribution in [1.29, 1.82) is 0 Å². The normalized spacial score (nSPS) is 25.4. The number of ether oxygens (including phenoxy) is 1. The predicted molar refractivity (Wildman–Crippen MR) is 123 cm³/mol. The van der Waals surface area contributed by atoms with Crippen LogP contribution in [-0.4, -0.2) is 47.4 Å². The minimum Gasteiger partial charge on any atom is -0.497 e. The van der Waals surface area contributed by atoms with Gasteiger partial charge in [-0.05, 0) is 42.9 Å². The van der Waals surface area contributed by atoms with E-state index < -0.39 is 46.3 Å². The number of Topliss-reactive ketones (excluding diaryl/α,β-unsaturated/α-hetero) is 1. The average molecular weight is 493 g/mol. The van der Waals surface area contributed by atoms with Gasteiger partial charge in [0.05, 0.1) is 12.7 Å². The molecule has 0 saturated heterocycles. The van der Waals surface area contributed by atoms with E-state index in [4.69, 9.17) is 4.74 Å². The lowest BCUT2D eigenvalue weighted by molar-refractivity contribution is -0.191. The fourth-order valence-corrected chi connectivity index (χ4v) is 5.69. The number of carbonyl (C=O) groups excluding carboxylic acids is 3. The van der Waals surface area contributed by atoms with Gasteiger partial charge in [-0.1, -0.05) is 45.6 Å². The van der Waals surface area contributed by atoms with Gasteiger partial charge in [0.15, 0.2) is 5.78 Å². The van der Waals surface area contributed by atoms with Gasteiger partial charge in [0.1, 0.15) is 5.75 Å². The van der Waals surface area contributed by atoms with Gasteiger partial charge in [-0.25, -0.2) is 0 Å². The zero-order chi connectivity index (χ0) is 25.6. The van der Waals surface area contributed by atoms with Crippen molar-refractivity contribution in [3.8, 4) is 5.75 Å². The summed E-state index contributed by atoms with van der Waals surface area (Å²) in [5, 5.41) is 2.00. The van der Waals surface area contributed by atoms with Gasteiger partial charge < -0.3 is 15.0 Å². The summed E-state index contributed by atoms with van der Waals surface area (Å²) in [4.78, 5) is 41.5. The lowest BCUT2D eigenvalue weighted by Gasteiger charge is -2.36. The van der Waals surface area contributed by atoms with Crippen molar-refractivity contribution in [3.05, 3.63) is 41.1 Å². The first-order chi connectivity index (χ1) is 16.4. The fraction of sp³-hybridized carbons (Fsp3) is 0.577. The molecule has 9 heteroatoms. The molecule has 0 bridgehead atoms. The minimum atomic E-state index is -5.21. The zero-order valence-corrected chi connectivity index (χ0v) is 20.3. The van der Waals surface area contributed by atoms with E-state index in [-0.39, 0.29) is 29.9 Å². The Morgan fingerprint density at radius 2 is 1.74 bits per heavy atom. The number of alkyl halides is 3. The molecule has 190 valence electrons. The Labute approximate surface area is 202 Å². The summed E-state index contributed by atoms with van der Waals surface area (Å²) < 4.78 is 50.0. The fourth-order valence-electron chi connectivity index (χ4n) is 5.69. The number of benzene rings is 1. The summed E-state index contributed by atoms with van der Waals surface area (Å²) in [6.45, 7) is 3.62. The smallest absolute Gasteiger partial charge is 0.425 e. The van der Waals surface area contributed by atoms with Crippen LogP contribution < -0.4 is 10.1 Å². The van der Waals surface area contributed by atoms with Crippen molar-refractivity contribution in [3.63, 3.8) is 0 Å². The molecule has 1 aromatic rings. The average Bonchev–Trinajstić information content (AvgIpc) is 2.92. The Bertz CT molecular complexity index is 1070. The van der Waals surface area contributed by atoms with Gasteiger partial charge in [0, 0.05) is 23.7 Å². The number of hydrogen-bond donors (Lipinski definition) is 1. The predicted octanol–water partition coefficient (Wildman–Crippen LogP) is 4.93. The molecule has 1 aromatic carbocycles. The maximum Gasteiger partial charge on any atom is 0.425 e. The summed E-state index contributed by atoms with van der Waals surface area (Å²) in [6.07, 6.45) is -0.571. The summed E-state index contributed by atoms with van der Waals surface area (Å²) >= 11 is 0. The van der Waals surface area contributed by atoms with Crippen LogP contribution in [-0.2, 0) is 9.59 Å². The molecule has 1 aliphatic heterocycles. The van der Waals surface area contributed by atoms with Crippen LogP contribution in [0, 0.1) is 5.41 Å². The first-order valence-electron chi connectivity index (χ1n) is 12.0. The lowest BCUT2D eigenvalue weighted by Crippen LogP contribution is -2.66. The van der Waals surface area contributed by atoms with E-state index in [0.29, 0.717) is 12.8 Å². The molecule has 4 rings (SSSR count). The molecule has 1 saturated carbocycles. The Morgan fingerprint density at radius 1 is 1.09 bits per heavy atom. The summed E-state index contributed by atoms with van der Waals surface area (Å²) in [5.41, 5.74) is -4.61. The van der Waals surface area contributed by atoms with Crippen molar-refractivity contribution in [2.75, 3.05) is 7.11 Å². The quantitative estimate of drug-likeness (QED) is 0.605. The van der Waals surface area contributed by atoms with Crippen molar-refractivity contribution < 1.29 is 32.3 Å². The topological polar surface area (TPSA) is 75.7 Å². The molecule has 0 aromatic heterocycles. The number of methoxy groups -OCH3 is 1. The molecule has 2 aliphatic carbocycles. The van der Waals surface area contributed by atoms with Gasteiger partial charge in [0.25, 0.3) is 11.8 Å². The first kappa shape index (κ1) is 25.3. The van der Waals surface area contributed by atoms with Gasteiger partial charge in [-0.2, -0.15) is 13.2 Å². The molecular weight excluding hydrogens is 461 g/mol. The second-order valence-corrected chi connectivity index (χ2v) is 10.5. The second-order valence-electron chi connectivity index (χ2n) is 10.5. The monoisotopic (exact) mass is 492 g/mol. The minimum absolute atomic E-state index is 0.0978. The third kappa shape index (κ3) is 4.34. The van der Waals surface area contributed by atoms with Gasteiger partial charge in [-0.3, -0.25) is 14.4 Å². The molecule has 0 unspecified atom stereocenters. The van der Waals surface area contributed by atoms with Gasteiger partial charge in [-0.15, -0.1) is 0 Å². The zero-order valence-electron chi connectivity index (χ0n) is 20.3. The number of nitrogens with zero attached hydrogens (tertiary/aromatic N) is 1. The number of ketones is 1. The van der Waals surface area contributed by atoms with Crippen molar-refractivity contribution in [2.24, 2.45) is 5.41 Å². The Balaban J connectivity index is 1.86. The van der Waals surface area contributed by atoms with E-state index in [1.165, 1.54) is 30.2 Å². The molecule has 1 atom stereocenters. The summed E-state index contributed by atoms with van der Waals surface area (Å²) in [5.74, 6) is -2.83. The maximum atomic E-state index is 15.0. The second kappa shape index (κ2) is 8.99. The first-order valence-corrected chi connectivity index (χ1v) is 12.0. The Kier molecular flexibility index (Phi) is 6.49. The van der Waals surface area contributed by atoms with Gasteiger partial charge >= 0.3 is 6.18 Å². The molecule has 3 aliphatic rings. The largest absolute Gasteiger partial charge is 0.497 e. The molecule has 2 amide bonds. The molecular formula is C26H31F3N2O4. The standard InChI is InChI=1S/C26H31F3N2O4/c1-24(2)14-19-21(20(32)15-24)25(26(27,28)29,23(34)31(19)17-10-6-4-5-7-11-17)30-22(33)16-9-8-12-18(13-16)35-3/h8-9,12-13,17H,4-7,10-11,14-15H2,1-3H3,(H,30,33)/t25-/m1/s1. The molecule has 1 heterocycles. The SMILES string of the molecule is COc1cccc(C(=O)N[C@@]2(C(F)(F)F)C(=O)N(C3CCCCCC3)C3=C2C(=O)CC(C)(C)C3)c1. The van der Waals surface area contributed by atoms with Crippen molar-refractivity contribution in [1.82, 2.24) is 10.2 Å². The van der Waals surface area contributed by atoms with Crippen LogP contribution in [0.3, 0.4) is 0 Å². The summed E-state index contributed by atoms with van der Waals surface area (Å²) in [6, 6.07) is 5.23. The van der Waals surface area contributed by atoms with E-state index in [0.717, 1.165) is 25.7 Å². The van der Waals surface area contributed by atoms with E-state index in [9.17, 15) is 27.6 Å².